The average molecular weight is 311 g/mol. The molecule has 0 atom stereocenters. The molecule has 3 rings (SSSR count). The van der Waals surface area contributed by atoms with Crippen molar-refractivity contribution in [3.8, 4) is 0 Å². The molecular weight excluding hydrogens is 293 g/mol. The minimum absolute atomic E-state index is 0.245. The van der Waals surface area contributed by atoms with Crippen molar-refractivity contribution in [1.82, 2.24) is 4.98 Å². The van der Waals surface area contributed by atoms with Crippen LogP contribution in [-0.4, -0.2) is 24.0 Å². The third kappa shape index (κ3) is 4.16. The number of hydrogen-bond acceptors (Lipinski definition) is 3. The maximum Gasteiger partial charge on any atom is 0.248 e. The number of halogens is 1. The van der Waals surface area contributed by atoms with Gasteiger partial charge in [0.1, 0.15) is 11.6 Å². The zero-order chi connectivity index (χ0) is 16.1. The van der Waals surface area contributed by atoms with Gasteiger partial charge in [-0.3, -0.25) is 4.79 Å². The van der Waals surface area contributed by atoms with Gasteiger partial charge in [-0.05, 0) is 48.7 Å². The zero-order valence-electron chi connectivity index (χ0n) is 12.7. The number of nitrogens with one attached hydrogen (secondary N) is 1. The van der Waals surface area contributed by atoms with Crippen LogP contribution < -0.4 is 10.2 Å². The summed E-state index contributed by atoms with van der Waals surface area (Å²) in [6.07, 6.45) is 7.13. The van der Waals surface area contributed by atoms with E-state index in [1.807, 2.05) is 12.1 Å². The lowest BCUT2D eigenvalue weighted by molar-refractivity contribution is -0.111. The van der Waals surface area contributed by atoms with E-state index in [1.54, 1.807) is 24.4 Å². The first-order valence-electron chi connectivity index (χ1n) is 7.66. The monoisotopic (exact) mass is 311 g/mol. The molecule has 1 aromatic heterocycles. The van der Waals surface area contributed by atoms with E-state index >= 15 is 0 Å². The van der Waals surface area contributed by atoms with Crippen molar-refractivity contribution in [2.24, 2.45) is 0 Å². The molecule has 1 fully saturated rings. The van der Waals surface area contributed by atoms with Crippen LogP contribution in [0.25, 0.3) is 6.08 Å². The first-order chi connectivity index (χ1) is 11.2. The lowest BCUT2D eigenvalue weighted by atomic mass is 10.2. The molecule has 1 saturated heterocycles. The molecule has 1 aliphatic heterocycles. The molecule has 0 saturated carbocycles. The number of pyridine rings is 1. The van der Waals surface area contributed by atoms with Gasteiger partial charge in [0.05, 0.1) is 11.9 Å². The number of hydrogen-bond donors (Lipinski definition) is 1. The Labute approximate surface area is 134 Å². The van der Waals surface area contributed by atoms with Gasteiger partial charge in [-0.15, -0.1) is 0 Å². The first kappa shape index (κ1) is 15.2. The molecule has 4 nitrogen and oxygen atoms in total. The van der Waals surface area contributed by atoms with Gasteiger partial charge < -0.3 is 10.2 Å². The topological polar surface area (TPSA) is 45.2 Å². The van der Waals surface area contributed by atoms with Gasteiger partial charge in [0.25, 0.3) is 0 Å². The molecule has 118 valence electrons. The normalized spacial score (nSPS) is 14.4. The molecule has 2 heterocycles. The molecule has 5 heteroatoms. The molecule has 0 aliphatic carbocycles. The Balaban J connectivity index is 1.57. The SMILES string of the molecule is O=C(C=Cc1ccc(F)cc1)Nc1ccc(N2CCCC2)nc1. The fourth-order valence-electron chi connectivity index (χ4n) is 2.52. The van der Waals surface area contributed by atoms with Crippen LogP contribution in [0.1, 0.15) is 18.4 Å². The third-order valence-electron chi connectivity index (χ3n) is 3.74. The summed E-state index contributed by atoms with van der Waals surface area (Å²) >= 11 is 0. The van der Waals surface area contributed by atoms with E-state index < -0.39 is 0 Å². The molecule has 0 radical (unpaired) electrons. The predicted molar refractivity (Wildman–Crippen MR) is 89.7 cm³/mol. The number of aromatic nitrogens is 1. The van der Waals surface area contributed by atoms with Crippen LogP contribution in [0, 0.1) is 5.82 Å². The highest BCUT2D eigenvalue weighted by Crippen LogP contribution is 2.19. The Bertz CT molecular complexity index is 689. The average Bonchev–Trinajstić information content (AvgIpc) is 3.09. The molecule has 1 N–H and O–H groups in total. The Morgan fingerprint density at radius 1 is 1.13 bits per heavy atom. The molecule has 2 aromatic rings. The minimum Gasteiger partial charge on any atom is -0.357 e. The highest BCUT2D eigenvalue weighted by atomic mass is 19.1. The van der Waals surface area contributed by atoms with Gasteiger partial charge in [0.15, 0.2) is 0 Å². The highest BCUT2D eigenvalue weighted by molar-refractivity contribution is 6.01. The number of carbonyl (C=O) groups excluding carboxylic acids is 1. The molecule has 0 unspecified atom stereocenters. The van der Waals surface area contributed by atoms with Crippen LogP contribution in [0.15, 0.2) is 48.7 Å². The maximum absolute atomic E-state index is 12.8. The van der Waals surface area contributed by atoms with E-state index in [2.05, 4.69) is 15.2 Å². The molecular formula is C18H18FN3O. The van der Waals surface area contributed by atoms with Crippen LogP contribution in [0.4, 0.5) is 15.9 Å². The summed E-state index contributed by atoms with van der Waals surface area (Å²) < 4.78 is 12.8. The summed E-state index contributed by atoms with van der Waals surface area (Å²) in [5, 5.41) is 2.76. The fourth-order valence-corrected chi connectivity index (χ4v) is 2.52. The van der Waals surface area contributed by atoms with Crippen molar-refractivity contribution in [3.63, 3.8) is 0 Å². The first-order valence-corrected chi connectivity index (χ1v) is 7.66. The van der Waals surface area contributed by atoms with Crippen LogP contribution >= 0.6 is 0 Å². The summed E-state index contributed by atoms with van der Waals surface area (Å²) in [5.74, 6) is 0.406. The number of rotatable bonds is 4. The van der Waals surface area contributed by atoms with Crippen LogP contribution in [0.2, 0.25) is 0 Å². The van der Waals surface area contributed by atoms with E-state index in [0.717, 1.165) is 24.5 Å². The van der Waals surface area contributed by atoms with Crippen LogP contribution in [0.5, 0.6) is 0 Å². The van der Waals surface area contributed by atoms with Crippen molar-refractivity contribution >= 4 is 23.5 Å². The predicted octanol–water partition coefficient (Wildman–Crippen LogP) is 3.47. The Kier molecular flexibility index (Phi) is 4.66. The van der Waals surface area contributed by atoms with Crippen molar-refractivity contribution in [1.29, 1.82) is 0 Å². The Morgan fingerprint density at radius 2 is 1.87 bits per heavy atom. The Morgan fingerprint density at radius 3 is 2.52 bits per heavy atom. The molecule has 1 aliphatic rings. The van der Waals surface area contributed by atoms with E-state index in [4.69, 9.17) is 0 Å². The number of amides is 1. The lowest BCUT2D eigenvalue weighted by Crippen LogP contribution is -2.18. The van der Waals surface area contributed by atoms with Crippen molar-refractivity contribution < 1.29 is 9.18 Å². The summed E-state index contributed by atoms with van der Waals surface area (Å²) in [5.41, 5.74) is 1.42. The van der Waals surface area contributed by atoms with Gasteiger partial charge in [-0.25, -0.2) is 9.37 Å². The van der Waals surface area contributed by atoms with E-state index in [9.17, 15) is 9.18 Å². The zero-order valence-corrected chi connectivity index (χ0v) is 12.7. The van der Waals surface area contributed by atoms with Gasteiger partial charge in [-0.1, -0.05) is 12.1 Å². The second-order valence-corrected chi connectivity index (χ2v) is 5.47. The summed E-state index contributed by atoms with van der Waals surface area (Å²) in [4.78, 5) is 18.5. The second kappa shape index (κ2) is 7.05. The number of anilines is 2. The van der Waals surface area contributed by atoms with E-state index in [1.165, 1.54) is 31.1 Å². The molecule has 0 spiro atoms. The molecule has 1 amide bonds. The number of carbonyl (C=O) groups is 1. The smallest absolute Gasteiger partial charge is 0.248 e. The largest absolute Gasteiger partial charge is 0.357 e. The van der Waals surface area contributed by atoms with Crippen molar-refractivity contribution in [3.05, 3.63) is 60.1 Å². The van der Waals surface area contributed by atoms with Crippen LogP contribution in [0.3, 0.4) is 0 Å². The van der Waals surface area contributed by atoms with Gasteiger partial charge in [0, 0.05) is 19.2 Å². The lowest BCUT2D eigenvalue weighted by Gasteiger charge is -2.16. The minimum atomic E-state index is -0.296. The molecule has 0 bridgehead atoms. The third-order valence-corrected chi connectivity index (χ3v) is 3.74. The fraction of sp³-hybridized carbons (Fsp3) is 0.222. The molecule has 23 heavy (non-hydrogen) atoms. The quantitative estimate of drug-likeness (QED) is 0.879. The molecule has 1 aromatic carbocycles. The van der Waals surface area contributed by atoms with Gasteiger partial charge >= 0.3 is 0 Å². The summed E-state index contributed by atoms with van der Waals surface area (Å²) in [7, 11) is 0. The number of benzene rings is 1. The van der Waals surface area contributed by atoms with Gasteiger partial charge in [0.2, 0.25) is 5.91 Å². The summed E-state index contributed by atoms with van der Waals surface area (Å²) in [6, 6.07) is 9.73. The van der Waals surface area contributed by atoms with Gasteiger partial charge in [-0.2, -0.15) is 0 Å². The summed E-state index contributed by atoms with van der Waals surface area (Å²) in [6.45, 7) is 2.08. The standard InChI is InChI=1S/C18H18FN3O/c19-15-6-3-14(4-7-15)5-10-18(23)21-16-8-9-17(20-13-16)22-11-1-2-12-22/h3-10,13H,1-2,11-12H2,(H,21,23). The highest BCUT2D eigenvalue weighted by Gasteiger charge is 2.13. The van der Waals surface area contributed by atoms with E-state index in [-0.39, 0.29) is 11.7 Å². The maximum atomic E-state index is 12.8. The van der Waals surface area contributed by atoms with Crippen molar-refractivity contribution in [2.75, 3.05) is 23.3 Å². The number of nitrogens with zero attached hydrogens (tertiary/aromatic N) is 2. The van der Waals surface area contributed by atoms with E-state index in [0.29, 0.717) is 5.69 Å². The van der Waals surface area contributed by atoms with Crippen molar-refractivity contribution in [2.45, 2.75) is 12.8 Å². The van der Waals surface area contributed by atoms with Crippen LogP contribution in [-0.2, 0) is 4.79 Å². The Hall–Kier alpha value is -2.69. The second-order valence-electron chi connectivity index (χ2n) is 5.47.